The number of imidazole rings is 1. The van der Waals surface area contributed by atoms with Gasteiger partial charge in [0.25, 0.3) is 11.8 Å². The number of carbonyl (C=O) groups is 2. The summed E-state index contributed by atoms with van der Waals surface area (Å²) in [5, 5.41) is 16.2. The third kappa shape index (κ3) is 5.59. The Morgan fingerprint density at radius 3 is 2.72 bits per heavy atom. The molecule has 2 amide bonds. The summed E-state index contributed by atoms with van der Waals surface area (Å²) in [5.41, 5.74) is 9.51. The first-order chi connectivity index (χ1) is 18.8. The molecule has 0 saturated heterocycles. The topological polar surface area (TPSA) is 148 Å². The Kier molecular flexibility index (Phi) is 7.53. The van der Waals surface area contributed by atoms with E-state index in [9.17, 15) is 14.7 Å². The average molecular weight is 544 g/mol. The minimum atomic E-state index is -0.414. The van der Waals surface area contributed by atoms with E-state index in [0.717, 1.165) is 15.8 Å². The van der Waals surface area contributed by atoms with Crippen LogP contribution in [0.5, 0.6) is 0 Å². The number of carbonyl (C=O) groups excluding carboxylic acids is 2. The molecule has 4 heterocycles. The Balaban J connectivity index is 1.48. The molecule has 11 heteroatoms. The van der Waals surface area contributed by atoms with Gasteiger partial charge in [0.05, 0.1) is 28.4 Å². The molecular formula is C28H29N7O3S. The van der Waals surface area contributed by atoms with Crippen LogP contribution in [0.25, 0.3) is 27.1 Å². The number of rotatable bonds is 9. The number of aromatic nitrogens is 4. The highest BCUT2D eigenvalue weighted by atomic mass is 32.1. The normalized spacial score (nSPS) is 12.2. The second kappa shape index (κ2) is 11.2. The zero-order valence-electron chi connectivity index (χ0n) is 21.6. The number of hydrogen-bond acceptors (Lipinski definition) is 8. The van der Waals surface area contributed by atoms with Gasteiger partial charge in [0.1, 0.15) is 11.4 Å². The Morgan fingerprint density at radius 1 is 1.13 bits per heavy atom. The molecule has 0 aliphatic heterocycles. The van der Waals surface area contributed by atoms with Crippen LogP contribution in [0, 0.1) is 5.92 Å². The summed E-state index contributed by atoms with van der Waals surface area (Å²) in [4.78, 5) is 40.1. The van der Waals surface area contributed by atoms with E-state index in [0.29, 0.717) is 40.6 Å². The van der Waals surface area contributed by atoms with Crippen LogP contribution >= 0.6 is 11.3 Å². The van der Waals surface area contributed by atoms with Crippen molar-refractivity contribution >= 4 is 44.1 Å². The molecule has 0 bridgehead atoms. The maximum Gasteiger partial charge on any atom is 0.270 e. The molecule has 4 aromatic heterocycles. The van der Waals surface area contributed by atoms with Gasteiger partial charge in [-0.2, -0.15) is 0 Å². The highest BCUT2D eigenvalue weighted by molar-refractivity contribution is 7.22. The molecule has 10 nitrogen and oxygen atoms in total. The smallest absolute Gasteiger partial charge is 0.270 e. The zero-order chi connectivity index (χ0) is 27.5. The standard InChI is InChI=1S/C28H29N7O3S/c1-16(2)11-19(15-36)32-27(38)24-23(18-5-3-9-30-14-18)34-25-20(6-4-10-35(24)25)26(37)31-13-17-7-8-21-22(12-17)39-28(29)33-21/h3-10,12,14,16,19,36H,11,13,15H2,1-2H3,(H2,29,33)(H,31,37)(H,32,38)/t19-/m0/s1. The van der Waals surface area contributed by atoms with Crippen molar-refractivity contribution in [2.75, 3.05) is 12.3 Å². The number of fused-ring (bicyclic) bond motifs is 2. The monoisotopic (exact) mass is 543 g/mol. The number of aliphatic hydroxyl groups is 1. The van der Waals surface area contributed by atoms with Gasteiger partial charge in [-0.15, -0.1) is 0 Å². The van der Waals surface area contributed by atoms with E-state index in [1.54, 1.807) is 41.2 Å². The number of benzene rings is 1. The highest BCUT2D eigenvalue weighted by Crippen LogP contribution is 2.27. The molecule has 0 saturated carbocycles. The molecule has 0 fully saturated rings. The lowest BCUT2D eigenvalue weighted by molar-refractivity contribution is 0.0901. The molecule has 5 aromatic rings. The molecule has 0 radical (unpaired) electrons. The second-order valence-corrected chi connectivity index (χ2v) is 10.7. The average Bonchev–Trinajstić information content (AvgIpc) is 3.50. The lowest BCUT2D eigenvalue weighted by atomic mass is 10.0. The number of aliphatic hydroxyl groups excluding tert-OH is 1. The van der Waals surface area contributed by atoms with Crippen molar-refractivity contribution in [1.29, 1.82) is 0 Å². The maximum absolute atomic E-state index is 13.5. The van der Waals surface area contributed by atoms with Crippen molar-refractivity contribution in [3.05, 3.63) is 77.9 Å². The third-order valence-corrected chi connectivity index (χ3v) is 7.13. The van der Waals surface area contributed by atoms with Gasteiger partial charge in [0.2, 0.25) is 0 Å². The van der Waals surface area contributed by atoms with E-state index in [4.69, 9.17) is 10.7 Å². The quantitative estimate of drug-likeness (QED) is 0.222. The minimum Gasteiger partial charge on any atom is -0.394 e. The molecule has 0 unspecified atom stereocenters. The number of thiazole rings is 1. The van der Waals surface area contributed by atoms with Crippen LogP contribution < -0.4 is 16.4 Å². The maximum atomic E-state index is 13.5. The molecule has 5 N–H and O–H groups in total. The van der Waals surface area contributed by atoms with Crippen molar-refractivity contribution in [2.24, 2.45) is 5.92 Å². The van der Waals surface area contributed by atoms with Gasteiger partial charge in [-0.05, 0) is 54.3 Å². The van der Waals surface area contributed by atoms with Gasteiger partial charge in [0.15, 0.2) is 10.8 Å². The Bertz CT molecular complexity index is 1650. The molecule has 1 atom stereocenters. The molecule has 200 valence electrons. The molecule has 5 rings (SSSR count). The predicted octanol–water partition coefficient (Wildman–Crippen LogP) is 3.66. The summed E-state index contributed by atoms with van der Waals surface area (Å²) in [6.07, 6.45) is 5.58. The van der Waals surface area contributed by atoms with Gasteiger partial charge in [-0.1, -0.05) is 31.3 Å². The fourth-order valence-corrected chi connectivity index (χ4v) is 5.34. The van der Waals surface area contributed by atoms with E-state index in [2.05, 4.69) is 20.6 Å². The van der Waals surface area contributed by atoms with Gasteiger partial charge in [-0.3, -0.25) is 19.0 Å². The van der Waals surface area contributed by atoms with Crippen LogP contribution in [-0.4, -0.2) is 48.9 Å². The van der Waals surface area contributed by atoms with Crippen LogP contribution in [0.3, 0.4) is 0 Å². The molecule has 0 aliphatic rings. The number of hydrogen-bond donors (Lipinski definition) is 4. The van der Waals surface area contributed by atoms with Gasteiger partial charge in [0, 0.05) is 30.7 Å². The number of amides is 2. The summed E-state index contributed by atoms with van der Waals surface area (Å²) >= 11 is 1.39. The Hall–Kier alpha value is -4.35. The SMILES string of the molecule is CC(C)C[C@@H](CO)NC(=O)c1c(-c2cccnc2)nc2c(C(=O)NCc3ccc4nc(N)sc4c3)cccn12. The summed E-state index contributed by atoms with van der Waals surface area (Å²) in [5.74, 6) is -0.435. The van der Waals surface area contributed by atoms with Crippen LogP contribution in [0.15, 0.2) is 61.1 Å². The van der Waals surface area contributed by atoms with Crippen molar-refractivity contribution in [1.82, 2.24) is 30.0 Å². The van der Waals surface area contributed by atoms with Gasteiger partial charge >= 0.3 is 0 Å². The Labute approximate surface area is 228 Å². The van der Waals surface area contributed by atoms with Crippen molar-refractivity contribution in [3.8, 4) is 11.3 Å². The lowest BCUT2D eigenvalue weighted by Gasteiger charge is -2.18. The van der Waals surface area contributed by atoms with Crippen LogP contribution in [-0.2, 0) is 6.54 Å². The number of pyridine rings is 2. The van der Waals surface area contributed by atoms with E-state index >= 15 is 0 Å². The van der Waals surface area contributed by atoms with Crippen molar-refractivity contribution < 1.29 is 14.7 Å². The largest absolute Gasteiger partial charge is 0.394 e. The second-order valence-electron chi connectivity index (χ2n) is 9.69. The summed E-state index contributed by atoms with van der Waals surface area (Å²) in [6, 6.07) is 12.3. The van der Waals surface area contributed by atoms with Gasteiger partial charge in [-0.25, -0.2) is 9.97 Å². The number of nitrogens with zero attached hydrogens (tertiary/aromatic N) is 4. The summed E-state index contributed by atoms with van der Waals surface area (Å²) < 4.78 is 2.56. The van der Waals surface area contributed by atoms with E-state index in [1.807, 2.05) is 38.1 Å². The third-order valence-electron chi connectivity index (χ3n) is 6.28. The van der Waals surface area contributed by atoms with Crippen LogP contribution in [0.4, 0.5) is 5.13 Å². The van der Waals surface area contributed by atoms with E-state index < -0.39 is 11.9 Å². The minimum absolute atomic E-state index is 0.184. The van der Waals surface area contributed by atoms with Crippen molar-refractivity contribution in [3.63, 3.8) is 0 Å². The zero-order valence-corrected chi connectivity index (χ0v) is 22.4. The van der Waals surface area contributed by atoms with E-state index in [-0.39, 0.29) is 24.1 Å². The highest BCUT2D eigenvalue weighted by Gasteiger charge is 2.25. The number of nitrogen functional groups attached to an aromatic ring is 1. The van der Waals surface area contributed by atoms with Crippen LogP contribution in [0.2, 0.25) is 0 Å². The first-order valence-corrected chi connectivity index (χ1v) is 13.4. The van der Waals surface area contributed by atoms with Crippen molar-refractivity contribution in [2.45, 2.75) is 32.9 Å². The fourth-order valence-electron chi connectivity index (χ4n) is 4.54. The summed E-state index contributed by atoms with van der Waals surface area (Å²) in [6.45, 7) is 4.17. The van der Waals surface area contributed by atoms with Gasteiger partial charge < -0.3 is 21.5 Å². The molecule has 39 heavy (non-hydrogen) atoms. The number of nitrogens with one attached hydrogen (secondary N) is 2. The fraction of sp³-hybridized carbons (Fsp3) is 0.250. The first-order valence-electron chi connectivity index (χ1n) is 12.6. The predicted molar refractivity (Wildman–Crippen MR) is 151 cm³/mol. The van der Waals surface area contributed by atoms with Crippen LogP contribution in [0.1, 0.15) is 46.7 Å². The first kappa shape index (κ1) is 26.3. The number of anilines is 1. The molecule has 0 aliphatic carbocycles. The molecular weight excluding hydrogens is 514 g/mol. The molecule has 1 aromatic carbocycles. The lowest BCUT2D eigenvalue weighted by Crippen LogP contribution is -2.39. The molecule has 0 spiro atoms. The summed E-state index contributed by atoms with van der Waals surface area (Å²) in [7, 11) is 0. The van der Waals surface area contributed by atoms with E-state index in [1.165, 1.54) is 11.3 Å². The number of nitrogens with two attached hydrogens (primary N) is 1. The Morgan fingerprint density at radius 2 is 1.97 bits per heavy atom.